The van der Waals surface area contributed by atoms with Gasteiger partial charge < -0.3 is 14.9 Å². The Labute approximate surface area is 373 Å². The first-order valence-electron chi connectivity index (χ1n) is 25.6. The predicted molar refractivity (Wildman–Crippen MR) is 229 cm³/mol. The summed E-state index contributed by atoms with van der Waals surface area (Å²) in [6.45, 7) is 4.36. The molecule has 15 nitrogen and oxygen atoms in total. The highest BCUT2D eigenvalue weighted by Crippen LogP contribution is 2.56. The molecule has 2 aromatic heterocycles. The average Bonchev–Trinajstić information content (AvgIpc) is 4.19. The topological polar surface area (TPSA) is 160 Å². The molecule has 0 spiro atoms. The molecule has 0 aromatic carbocycles. The zero-order valence-electron chi connectivity index (χ0n) is 42.1. The van der Waals surface area contributed by atoms with E-state index in [1.165, 1.54) is 22.2 Å². The minimum atomic E-state index is -1.56. The Hall–Kier alpha value is -3.86. The maximum atomic E-state index is 12.9. The maximum absolute atomic E-state index is 12.9. The zero-order chi connectivity index (χ0) is 48.7. The monoisotopic (exact) mass is 896 g/mol. The van der Waals surface area contributed by atoms with Gasteiger partial charge in [0, 0.05) is 105 Å². The van der Waals surface area contributed by atoms with Crippen LogP contribution in [0.3, 0.4) is 0 Å². The number of halogens is 1. The number of aliphatic hydroxyl groups excluding tert-OH is 1. The third-order valence-electron chi connectivity index (χ3n) is 13.2. The van der Waals surface area contributed by atoms with Crippen LogP contribution in [0.4, 0.5) is 11.9 Å². The van der Waals surface area contributed by atoms with E-state index >= 15 is 0 Å². The number of nitrogens with zero attached hydrogens (tertiary/aromatic N) is 10. The Morgan fingerprint density at radius 1 is 0.683 bits per heavy atom. The van der Waals surface area contributed by atoms with Gasteiger partial charge in [-0.25, -0.2) is 19.9 Å². The van der Waals surface area contributed by atoms with E-state index in [1.807, 2.05) is 9.80 Å². The number of rotatable bonds is 13. The van der Waals surface area contributed by atoms with E-state index in [-0.39, 0.29) is 78.1 Å². The van der Waals surface area contributed by atoms with Crippen LogP contribution in [0.5, 0.6) is 0 Å². The predicted octanol–water partition coefficient (Wildman–Crippen LogP) is 3.36. The summed E-state index contributed by atoms with van der Waals surface area (Å²) in [6.07, 6.45) is 12.3. The first-order valence-corrected chi connectivity index (χ1v) is 22.3. The van der Waals surface area contributed by atoms with Gasteiger partial charge in [-0.2, -0.15) is 0 Å². The largest absolute Gasteiger partial charge is 0.397 e. The molecule has 16 heteroatoms. The number of fused-ring (bicyclic) bond motifs is 10. The van der Waals surface area contributed by atoms with Gasteiger partial charge in [0.1, 0.15) is 0 Å². The van der Waals surface area contributed by atoms with Crippen LogP contribution < -0.4 is 9.80 Å². The third-order valence-corrected chi connectivity index (χ3v) is 13.6. The highest BCUT2D eigenvalue weighted by Gasteiger charge is 2.61. The molecule has 2 unspecified atom stereocenters. The van der Waals surface area contributed by atoms with Crippen molar-refractivity contribution in [3.8, 4) is 0 Å². The summed E-state index contributed by atoms with van der Waals surface area (Å²) in [7, 11) is 0. The van der Waals surface area contributed by atoms with Crippen molar-refractivity contribution in [3.05, 3.63) is 47.5 Å². The molecule has 10 rings (SSSR count). The molecule has 4 bridgehead atoms. The van der Waals surface area contributed by atoms with Crippen LogP contribution in [0.2, 0.25) is 0 Å². The minimum absolute atomic E-state index is 0.0458. The molecule has 7 fully saturated rings. The molecule has 6 heterocycles. The zero-order valence-corrected chi connectivity index (χ0v) is 35.7. The van der Waals surface area contributed by atoms with Crippen LogP contribution in [-0.2, 0) is 19.2 Å². The highest BCUT2D eigenvalue weighted by atomic mass is 79.9. The smallest absolute Gasteiger partial charge is 0.233 e. The number of likely N-dealkylation sites (tertiary alicyclic amines) is 2. The van der Waals surface area contributed by atoms with Gasteiger partial charge in [-0.15, -0.1) is 0 Å². The van der Waals surface area contributed by atoms with Crippen molar-refractivity contribution in [1.29, 1.82) is 1.43 Å². The van der Waals surface area contributed by atoms with E-state index in [9.17, 15) is 19.2 Å². The van der Waals surface area contributed by atoms with Crippen LogP contribution in [-0.4, -0.2) is 155 Å². The molecule has 324 valence electrons. The number of piperazine rings is 2. The number of imide groups is 2. The van der Waals surface area contributed by atoms with Gasteiger partial charge in [0.25, 0.3) is 0 Å². The van der Waals surface area contributed by atoms with Crippen LogP contribution in [0, 0.1) is 47.3 Å². The first kappa shape index (κ1) is 33.7. The Bertz CT molecular complexity index is 2110. The van der Waals surface area contributed by atoms with E-state index in [0.29, 0.717) is 103 Å². The Morgan fingerprint density at radius 3 is 1.57 bits per heavy atom. The summed E-state index contributed by atoms with van der Waals surface area (Å²) in [6, 6.07) is 0.249. The van der Waals surface area contributed by atoms with Crippen LogP contribution >= 0.6 is 15.9 Å². The van der Waals surface area contributed by atoms with E-state index < -0.39 is 37.6 Å². The van der Waals surface area contributed by atoms with Crippen LogP contribution in [0.1, 0.15) is 67.8 Å². The van der Waals surface area contributed by atoms with Crippen molar-refractivity contribution in [2.45, 2.75) is 58.2 Å². The lowest BCUT2D eigenvalue weighted by Crippen LogP contribution is -2.47. The van der Waals surface area contributed by atoms with Crippen molar-refractivity contribution in [2.75, 3.05) is 94.8 Å². The summed E-state index contributed by atoms with van der Waals surface area (Å²) < 4.78 is 64.7. The maximum Gasteiger partial charge on any atom is 0.233 e. The SMILES string of the molecule is [2H]C([2H])(CCCN1C(=O)[C@@H]2[C@H](C1=O)[C@@H]1C=C[C@H]2C1)N1CCN(c2ncc(Br)cn2)CC1.[2H]OCC.[2H]c1cnc(N2CCN(C([2H])([2H])CCCN3C(=O)[C@@H]4[C@H](C3=O)[C@H]3C[C@@H]4C([2H])C3[2H])CC2)nc1. The normalized spacial score (nSPS) is 35.4. The van der Waals surface area contributed by atoms with Gasteiger partial charge in [0.05, 0.1) is 29.5 Å². The molecule has 0 radical (unpaired) electrons. The molecule has 4 amide bonds. The van der Waals surface area contributed by atoms with Gasteiger partial charge in [-0.1, -0.05) is 12.2 Å². The molecular formula is C44H61BrN10O5. The van der Waals surface area contributed by atoms with Gasteiger partial charge in [0.15, 0.2) is 0 Å². The summed E-state index contributed by atoms with van der Waals surface area (Å²) in [5, 5.41) is 3.79. The van der Waals surface area contributed by atoms with Gasteiger partial charge in [-0.3, -0.25) is 38.8 Å². The Morgan fingerprint density at radius 2 is 1.12 bits per heavy atom. The molecule has 3 saturated carbocycles. The van der Waals surface area contributed by atoms with E-state index in [0.717, 1.165) is 10.9 Å². The van der Waals surface area contributed by atoms with Crippen molar-refractivity contribution >= 4 is 51.5 Å². The number of carbonyl (C=O) groups is 4. The summed E-state index contributed by atoms with van der Waals surface area (Å²) in [4.78, 5) is 78.7. The molecule has 4 aliphatic carbocycles. The number of hydrogen-bond acceptors (Lipinski definition) is 13. The quantitative estimate of drug-likeness (QED) is 0.231. The number of anilines is 2. The summed E-state index contributed by atoms with van der Waals surface area (Å²) in [5.74, 6) is -0.490. The molecule has 4 saturated heterocycles. The molecule has 60 heavy (non-hydrogen) atoms. The number of hydrogen-bond donors (Lipinski definition) is 1. The summed E-state index contributed by atoms with van der Waals surface area (Å²) >= 11 is 3.33. The minimum Gasteiger partial charge on any atom is -0.397 e. The first-order chi connectivity index (χ1) is 32.4. The fourth-order valence-corrected chi connectivity index (χ4v) is 10.5. The van der Waals surface area contributed by atoms with Crippen LogP contribution in [0.25, 0.3) is 0 Å². The van der Waals surface area contributed by atoms with Gasteiger partial charge in [-0.05, 0) is 117 Å². The van der Waals surface area contributed by atoms with Crippen molar-refractivity contribution < 1.29 is 33.9 Å². The van der Waals surface area contributed by atoms with Crippen molar-refractivity contribution in [3.63, 3.8) is 0 Å². The molecular weight excluding hydrogens is 828 g/mol. The van der Waals surface area contributed by atoms with E-state index in [4.69, 9.17) is 11.0 Å². The second-order valence-corrected chi connectivity index (χ2v) is 17.5. The lowest BCUT2D eigenvalue weighted by molar-refractivity contribution is -0.142. The summed E-state index contributed by atoms with van der Waals surface area (Å²) in [5.41, 5.74) is 0. The second kappa shape index (κ2) is 19.5. The highest BCUT2D eigenvalue weighted by molar-refractivity contribution is 9.10. The molecule has 10 atom stereocenters. The second-order valence-electron chi connectivity index (χ2n) is 16.6. The number of carbonyl (C=O) groups excluding carboxylic acids is 4. The molecule has 1 N–H and O–H groups in total. The molecule has 4 aliphatic heterocycles. The number of aromatic nitrogens is 4. The number of amides is 4. The fraction of sp³-hybridized carbons (Fsp3) is 0.682. The lowest BCUT2D eigenvalue weighted by atomic mass is 9.81. The number of allylic oxidation sites excluding steroid dienone is 2. The fourth-order valence-electron chi connectivity index (χ4n) is 10.3. The molecule has 8 aliphatic rings. The third kappa shape index (κ3) is 9.03. The lowest BCUT2D eigenvalue weighted by Gasteiger charge is -2.34. The Kier molecular flexibility index (Phi) is 10.9. The van der Waals surface area contributed by atoms with Crippen molar-refractivity contribution in [2.24, 2.45) is 47.3 Å². The average molecular weight is 898 g/mol. The van der Waals surface area contributed by atoms with E-state index in [2.05, 4.69) is 58.0 Å². The van der Waals surface area contributed by atoms with Gasteiger partial charge in [0.2, 0.25) is 37.0 Å². The Balaban J connectivity index is 0.000000171. The standard InChI is InChI=1S/C21H26BrN5O2.C21H29N5O2.C2H6O/c22-16-12-23-21(24-13-16)26-9-7-25(8-10-26)5-1-2-6-27-19(28)17-14-3-4-15(11-14)18(17)20(27)29;27-19-17-15-4-5-16(14-15)18(17)20(28)26(19)9-2-1-8-24-10-12-25(13-11-24)21-22-6-3-7-23-21;1-2-3/h3-4,12-15,17-18H,1-2,5-11H2;3,6-7,15-18H,1-2,4-5,8-14H2;3H,2H2,1H3/t14-,15+,17-,18+;15-,16+,17-,18+;/i5D2;3D,4D,5D,8D2;3D/tm;4?,5?,15-,16+,17-,18+;. The number of aliphatic hydroxyl groups is 1. The van der Waals surface area contributed by atoms with E-state index in [1.54, 1.807) is 24.2 Å². The van der Waals surface area contributed by atoms with Crippen LogP contribution in [0.15, 0.2) is 47.5 Å². The molecule has 2 aromatic rings. The van der Waals surface area contributed by atoms with Gasteiger partial charge >= 0.3 is 0 Å². The van der Waals surface area contributed by atoms with Crippen molar-refractivity contribution in [1.82, 2.24) is 39.5 Å².